The number of carbonyl (C=O) groups excluding carboxylic acids is 1. The van der Waals surface area contributed by atoms with Crippen molar-refractivity contribution < 1.29 is 9.72 Å². The Morgan fingerprint density at radius 3 is 2.41 bits per heavy atom. The molecule has 0 heterocycles. The minimum Gasteiger partial charge on any atom is -0.347 e. The van der Waals surface area contributed by atoms with Crippen molar-refractivity contribution in [3.8, 4) is 0 Å². The van der Waals surface area contributed by atoms with E-state index in [1.165, 1.54) is 12.1 Å². The minimum atomic E-state index is -0.483. The van der Waals surface area contributed by atoms with E-state index in [0.717, 1.165) is 0 Å². The molecule has 5 nitrogen and oxygen atoms in total. The number of nitro benzene ring substituents is 1. The van der Waals surface area contributed by atoms with Crippen molar-refractivity contribution in [2.75, 3.05) is 0 Å². The summed E-state index contributed by atoms with van der Waals surface area (Å²) in [6.45, 7) is 7.16. The Hall–Kier alpha value is -1.91. The van der Waals surface area contributed by atoms with Gasteiger partial charge >= 0.3 is 0 Å². The van der Waals surface area contributed by atoms with Crippen molar-refractivity contribution in [1.82, 2.24) is 5.32 Å². The maximum Gasteiger partial charge on any atom is 0.273 e. The predicted molar refractivity (Wildman–Crippen MR) is 65.1 cm³/mol. The monoisotopic (exact) mass is 236 g/mol. The van der Waals surface area contributed by atoms with E-state index < -0.39 is 4.92 Å². The third kappa shape index (κ3) is 3.27. The zero-order valence-corrected chi connectivity index (χ0v) is 10.4. The van der Waals surface area contributed by atoms with Gasteiger partial charge in [-0.05, 0) is 33.8 Å². The summed E-state index contributed by atoms with van der Waals surface area (Å²) in [4.78, 5) is 22.2. The molecule has 0 spiro atoms. The van der Waals surface area contributed by atoms with Crippen LogP contribution in [-0.4, -0.2) is 16.4 Å². The number of carbonyl (C=O) groups is 1. The van der Waals surface area contributed by atoms with Crippen LogP contribution in [0.5, 0.6) is 0 Å². The van der Waals surface area contributed by atoms with Crippen LogP contribution >= 0.6 is 0 Å². The maximum absolute atomic E-state index is 11.9. The first-order chi connectivity index (χ1) is 7.72. The van der Waals surface area contributed by atoms with E-state index in [4.69, 9.17) is 0 Å². The van der Waals surface area contributed by atoms with Crippen LogP contribution in [0.2, 0.25) is 0 Å². The smallest absolute Gasteiger partial charge is 0.273 e. The summed E-state index contributed by atoms with van der Waals surface area (Å²) in [5.74, 6) is -0.293. The van der Waals surface area contributed by atoms with Crippen LogP contribution in [0.25, 0.3) is 0 Å². The second-order valence-corrected chi connectivity index (χ2v) is 4.91. The summed E-state index contributed by atoms with van der Waals surface area (Å²) in [6.07, 6.45) is 0. The lowest BCUT2D eigenvalue weighted by molar-refractivity contribution is -0.385. The standard InChI is InChI=1S/C12H16N2O3/c1-8-9(11(15)13-12(2,3)4)6-5-7-10(8)14(16)17/h5-7H,1-4H3,(H,13,15). The molecule has 1 N–H and O–H groups in total. The molecule has 0 saturated carbocycles. The van der Waals surface area contributed by atoms with Crippen molar-refractivity contribution in [3.63, 3.8) is 0 Å². The van der Waals surface area contributed by atoms with Crippen LogP contribution < -0.4 is 5.32 Å². The van der Waals surface area contributed by atoms with Gasteiger partial charge in [-0.25, -0.2) is 0 Å². The van der Waals surface area contributed by atoms with E-state index in [1.807, 2.05) is 20.8 Å². The zero-order valence-electron chi connectivity index (χ0n) is 10.4. The number of nitrogens with zero attached hydrogens (tertiary/aromatic N) is 1. The predicted octanol–water partition coefficient (Wildman–Crippen LogP) is 2.43. The number of amides is 1. The summed E-state index contributed by atoms with van der Waals surface area (Å²) in [5.41, 5.74) is 0.327. The Bertz CT molecular complexity index is 461. The number of benzene rings is 1. The third-order valence-electron chi connectivity index (χ3n) is 2.24. The summed E-state index contributed by atoms with van der Waals surface area (Å²) in [6, 6.07) is 4.50. The van der Waals surface area contributed by atoms with E-state index in [1.54, 1.807) is 13.0 Å². The SMILES string of the molecule is Cc1c(C(=O)NC(C)(C)C)cccc1[N+](=O)[O-]. The summed E-state index contributed by atoms with van der Waals surface area (Å²) in [5, 5.41) is 13.5. The largest absolute Gasteiger partial charge is 0.347 e. The first-order valence-corrected chi connectivity index (χ1v) is 5.29. The van der Waals surface area contributed by atoms with Gasteiger partial charge in [0.1, 0.15) is 0 Å². The Balaban J connectivity index is 3.11. The molecule has 0 aromatic heterocycles. The van der Waals surface area contributed by atoms with Gasteiger partial charge in [-0.15, -0.1) is 0 Å². The van der Waals surface area contributed by atoms with Crippen LogP contribution in [0.4, 0.5) is 5.69 Å². The van der Waals surface area contributed by atoms with Crippen molar-refractivity contribution in [2.45, 2.75) is 33.2 Å². The maximum atomic E-state index is 11.9. The van der Waals surface area contributed by atoms with Crippen molar-refractivity contribution in [2.24, 2.45) is 0 Å². The van der Waals surface area contributed by atoms with E-state index >= 15 is 0 Å². The highest BCUT2D eigenvalue weighted by atomic mass is 16.6. The van der Waals surface area contributed by atoms with Gasteiger partial charge < -0.3 is 5.32 Å². The fraction of sp³-hybridized carbons (Fsp3) is 0.417. The molecule has 92 valence electrons. The molecule has 1 aromatic carbocycles. The second kappa shape index (κ2) is 4.53. The van der Waals surface area contributed by atoms with Gasteiger partial charge in [-0.2, -0.15) is 0 Å². The molecular formula is C12H16N2O3. The average molecular weight is 236 g/mol. The Kier molecular flexibility index (Phi) is 3.50. The van der Waals surface area contributed by atoms with Crippen LogP contribution in [0.3, 0.4) is 0 Å². The topological polar surface area (TPSA) is 72.2 Å². The molecule has 17 heavy (non-hydrogen) atoms. The lowest BCUT2D eigenvalue weighted by Gasteiger charge is -2.21. The fourth-order valence-corrected chi connectivity index (χ4v) is 1.48. The highest BCUT2D eigenvalue weighted by Gasteiger charge is 2.21. The first-order valence-electron chi connectivity index (χ1n) is 5.29. The Morgan fingerprint density at radius 2 is 1.94 bits per heavy atom. The van der Waals surface area contributed by atoms with E-state index in [2.05, 4.69) is 5.32 Å². The quantitative estimate of drug-likeness (QED) is 0.633. The zero-order chi connectivity index (χ0) is 13.2. The molecular weight excluding hydrogens is 220 g/mol. The molecule has 0 unspecified atom stereocenters. The van der Waals surface area contributed by atoms with Crippen molar-refractivity contribution in [1.29, 1.82) is 0 Å². The lowest BCUT2D eigenvalue weighted by atomic mass is 10.0. The van der Waals surface area contributed by atoms with Crippen LogP contribution in [0, 0.1) is 17.0 Å². The third-order valence-corrected chi connectivity index (χ3v) is 2.24. The Morgan fingerprint density at radius 1 is 1.35 bits per heavy atom. The highest BCUT2D eigenvalue weighted by Crippen LogP contribution is 2.21. The number of hydrogen-bond acceptors (Lipinski definition) is 3. The fourth-order valence-electron chi connectivity index (χ4n) is 1.48. The highest BCUT2D eigenvalue weighted by molar-refractivity contribution is 5.96. The molecule has 0 aliphatic carbocycles. The number of hydrogen-bond donors (Lipinski definition) is 1. The van der Waals surface area contributed by atoms with Gasteiger partial charge in [0.05, 0.1) is 4.92 Å². The molecule has 0 bridgehead atoms. The van der Waals surface area contributed by atoms with Gasteiger partial charge in [0.25, 0.3) is 11.6 Å². The van der Waals surface area contributed by atoms with Gasteiger partial charge in [0, 0.05) is 22.7 Å². The number of nitro groups is 1. The number of rotatable bonds is 2. The normalized spacial score (nSPS) is 11.1. The van der Waals surface area contributed by atoms with Gasteiger partial charge in [-0.3, -0.25) is 14.9 Å². The molecule has 0 aliphatic heterocycles. The second-order valence-electron chi connectivity index (χ2n) is 4.91. The molecule has 0 fully saturated rings. The van der Waals surface area contributed by atoms with Crippen LogP contribution in [0.15, 0.2) is 18.2 Å². The lowest BCUT2D eigenvalue weighted by Crippen LogP contribution is -2.40. The molecule has 5 heteroatoms. The summed E-state index contributed by atoms with van der Waals surface area (Å²) >= 11 is 0. The molecule has 0 aliphatic rings. The molecule has 0 atom stereocenters. The summed E-state index contributed by atoms with van der Waals surface area (Å²) in [7, 11) is 0. The van der Waals surface area contributed by atoms with Gasteiger partial charge in [-0.1, -0.05) is 6.07 Å². The Labute approximate surface area is 100.0 Å². The van der Waals surface area contributed by atoms with Crippen molar-refractivity contribution >= 4 is 11.6 Å². The van der Waals surface area contributed by atoms with Crippen LogP contribution in [0.1, 0.15) is 36.7 Å². The van der Waals surface area contributed by atoms with Gasteiger partial charge in [0.2, 0.25) is 0 Å². The first kappa shape index (κ1) is 13.2. The molecule has 0 radical (unpaired) electrons. The molecule has 0 saturated heterocycles. The number of nitrogens with one attached hydrogen (secondary N) is 1. The molecule has 1 aromatic rings. The van der Waals surface area contributed by atoms with E-state index in [0.29, 0.717) is 11.1 Å². The summed E-state index contributed by atoms with van der Waals surface area (Å²) < 4.78 is 0. The minimum absolute atomic E-state index is 0.0356. The van der Waals surface area contributed by atoms with Crippen LogP contribution in [-0.2, 0) is 0 Å². The van der Waals surface area contributed by atoms with E-state index in [9.17, 15) is 14.9 Å². The molecule has 1 amide bonds. The molecule has 1 rings (SSSR count). The van der Waals surface area contributed by atoms with Crippen molar-refractivity contribution in [3.05, 3.63) is 39.4 Å². The average Bonchev–Trinajstić information content (AvgIpc) is 2.14. The van der Waals surface area contributed by atoms with E-state index in [-0.39, 0.29) is 17.1 Å². The van der Waals surface area contributed by atoms with Gasteiger partial charge in [0.15, 0.2) is 0 Å².